The lowest BCUT2D eigenvalue weighted by Gasteiger charge is -2.08. The Labute approximate surface area is 177 Å². The predicted octanol–water partition coefficient (Wildman–Crippen LogP) is 4.02. The molecule has 0 unspecified atom stereocenters. The molecule has 5 aromatic rings. The van der Waals surface area contributed by atoms with E-state index < -0.39 is 0 Å². The van der Waals surface area contributed by atoms with Crippen LogP contribution in [0.3, 0.4) is 0 Å². The molecule has 0 bridgehead atoms. The van der Waals surface area contributed by atoms with Crippen LogP contribution >= 0.6 is 34.4 Å². The fraction of sp³-hybridized carbons (Fsp3) is 0.100. The Morgan fingerprint density at radius 3 is 2.76 bits per heavy atom. The molecule has 144 valence electrons. The number of aromatic nitrogens is 4. The summed E-state index contributed by atoms with van der Waals surface area (Å²) >= 11 is 4.29. The van der Waals surface area contributed by atoms with Crippen molar-refractivity contribution in [2.24, 2.45) is 7.05 Å². The number of thioether (sulfide) groups is 1. The number of thiophene rings is 1. The van der Waals surface area contributed by atoms with Gasteiger partial charge in [-0.2, -0.15) is 0 Å². The highest BCUT2D eigenvalue weighted by Gasteiger charge is 2.16. The minimum absolute atomic E-state index is 0.0701. The molecule has 4 heterocycles. The maximum absolute atomic E-state index is 13.1. The van der Waals surface area contributed by atoms with Gasteiger partial charge >= 0.3 is 0 Å². The van der Waals surface area contributed by atoms with Crippen LogP contribution in [-0.4, -0.2) is 18.9 Å². The van der Waals surface area contributed by atoms with E-state index in [1.807, 2.05) is 41.1 Å². The first-order valence-corrected chi connectivity index (χ1v) is 11.5. The number of benzene rings is 1. The lowest BCUT2D eigenvalue weighted by molar-refractivity contribution is 0.728. The molecule has 0 atom stereocenters. The highest BCUT2D eigenvalue weighted by atomic mass is 32.2. The van der Waals surface area contributed by atoms with E-state index in [9.17, 15) is 9.59 Å². The Kier molecular flexibility index (Phi) is 4.57. The van der Waals surface area contributed by atoms with Crippen LogP contribution in [0.15, 0.2) is 68.1 Å². The molecule has 0 aliphatic heterocycles. The van der Waals surface area contributed by atoms with Crippen molar-refractivity contribution >= 4 is 49.6 Å². The van der Waals surface area contributed by atoms with E-state index in [1.54, 1.807) is 17.8 Å². The van der Waals surface area contributed by atoms with Gasteiger partial charge in [0.15, 0.2) is 10.1 Å². The van der Waals surface area contributed by atoms with Gasteiger partial charge in [-0.1, -0.05) is 42.1 Å². The summed E-state index contributed by atoms with van der Waals surface area (Å²) in [5.41, 5.74) is 2.42. The Bertz CT molecular complexity index is 1460. The van der Waals surface area contributed by atoms with Crippen LogP contribution in [0, 0.1) is 0 Å². The number of hydrogen-bond donors (Lipinski definition) is 0. The van der Waals surface area contributed by atoms with Crippen LogP contribution < -0.4 is 11.1 Å². The molecule has 1 aromatic carbocycles. The fourth-order valence-corrected chi connectivity index (χ4v) is 5.70. The van der Waals surface area contributed by atoms with Crippen LogP contribution in [-0.2, 0) is 12.8 Å². The number of nitrogens with zero attached hydrogens (tertiary/aromatic N) is 4. The topological polar surface area (TPSA) is 69.3 Å². The lowest BCUT2D eigenvalue weighted by Crippen LogP contribution is -2.20. The monoisotopic (exact) mass is 438 g/mol. The maximum atomic E-state index is 13.1. The Morgan fingerprint density at radius 1 is 1.10 bits per heavy atom. The Balaban J connectivity index is 1.51. The number of thiazole rings is 1. The molecule has 0 spiro atoms. The molecular weight excluding hydrogens is 424 g/mol. The average Bonchev–Trinajstić information content (AvgIpc) is 3.37. The summed E-state index contributed by atoms with van der Waals surface area (Å²) in [6.45, 7) is 0. The van der Waals surface area contributed by atoms with Crippen molar-refractivity contribution in [3.05, 3.63) is 79.8 Å². The summed E-state index contributed by atoms with van der Waals surface area (Å²) < 4.78 is 3.10. The molecule has 0 radical (unpaired) electrons. The molecule has 5 rings (SSSR count). The SMILES string of the molecule is Cn1c(SCc2cc(=O)n3ccsc3n2)nc2scc(-c3ccccc3)c2c1=O. The second-order valence-corrected chi connectivity index (χ2v) is 9.06. The minimum atomic E-state index is -0.102. The second kappa shape index (κ2) is 7.25. The molecule has 0 saturated carbocycles. The first kappa shape index (κ1) is 18.3. The van der Waals surface area contributed by atoms with Crippen LogP contribution in [0.2, 0.25) is 0 Å². The van der Waals surface area contributed by atoms with Crippen molar-refractivity contribution in [1.82, 2.24) is 18.9 Å². The molecule has 0 aliphatic rings. The van der Waals surface area contributed by atoms with Gasteiger partial charge in [0.2, 0.25) is 0 Å². The zero-order valence-electron chi connectivity index (χ0n) is 15.2. The molecule has 6 nitrogen and oxygen atoms in total. The summed E-state index contributed by atoms with van der Waals surface area (Å²) in [7, 11) is 1.73. The predicted molar refractivity (Wildman–Crippen MR) is 119 cm³/mol. The molecule has 9 heteroatoms. The van der Waals surface area contributed by atoms with Gasteiger partial charge < -0.3 is 0 Å². The van der Waals surface area contributed by atoms with E-state index in [-0.39, 0.29) is 11.1 Å². The van der Waals surface area contributed by atoms with Gasteiger partial charge in [0.05, 0.1) is 11.1 Å². The summed E-state index contributed by atoms with van der Waals surface area (Å²) in [5, 5.41) is 5.07. The molecule has 0 fully saturated rings. The van der Waals surface area contributed by atoms with E-state index in [0.717, 1.165) is 16.0 Å². The van der Waals surface area contributed by atoms with Gasteiger partial charge in [-0.15, -0.1) is 22.7 Å². The van der Waals surface area contributed by atoms with Crippen LogP contribution in [0.5, 0.6) is 0 Å². The number of rotatable bonds is 4. The van der Waals surface area contributed by atoms with Crippen molar-refractivity contribution in [2.45, 2.75) is 10.9 Å². The largest absolute Gasteiger partial charge is 0.290 e. The van der Waals surface area contributed by atoms with Crippen LogP contribution in [0.1, 0.15) is 5.69 Å². The van der Waals surface area contributed by atoms with Crippen LogP contribution in [0.4, 0.5) is 0 Å². The van der Waals surface area contributed by atoms with Gasteiger partial charge in [-0.05, 0) is 5.56 Å². The van der Waals surface area contributed by atoms with Gasteiger partial charge in [0, 0.05) is 41.4 Å². The first-order valence-electron chi connectivity index (χ1n) is 8.74. The van der Waals surface area contributed by atoms with Gasteiger partial charge in [-0.3, -0.25) is 18.6 Å². The highest BCUT2D eigenvalue weighted by Crippen LogP contribution is 2.32. The fourth-order valence-electron chi connectivity index (χ4n) is 3.11. The van der Waals surface area contributed by atoms with E-state index >= 15 is 0 Å². The minimum Gasteiger partial charge on any atom is -0.290 e. The van der Waals surface area contributed by atoms with Gasteiger partial charge in [0.25, 0.3) is 11.1 Å². The third-order valence-corrected chi connectivity index (χ3v) is 7.26. The smallest absolute Gasteiger partial charge is 0.263 e. The van der Waals surface area contributed by atoms with E-state index in [2.05, 4.69) is 4.98 Å². The van der Waals surface area contributed by atoms with Gasteiger partial charge in [-0.25, -0.2) is 9.97 Å². The van der Waals surface area contributed by atoms with E-state index in [1.165, 1.54) is 44.9 Å². The normalized spacial score (nSPS) is 11.5. The third-order valence-electron chi connectivity index (χ3n) is 4.56. The molecule has 0 amide bonds. The Hall–Kier alpha value is -2.75. The quantitative estimate of drug-likeness (QED) is 0.313. The van der Waals surface area contributed by atoms with Crippen molar-refractivity contribution < 1.29 is 0 Å². The molecule has 4 aromatic heterocycles. The lowest BCUT2D eigenvalue weighted by atomic mass is 10.1. The number of hydrogen-bond acceptors (Lipinski definition) is 7. The summed E-state index contributed by atoms with van der Waals surface area (Å²) in [6.07, 6.45) is 1.71. The molecular formula is C20H14N4O2S3. The highest BCUT2D eigenvalue weighted by molar-refractivity contribution is 7.98. The zero-order chi connectivity index (χ0) is 20.0. The Morgan fingerprint density at radius 2 is 1.93 bits per heavy atom. The van der Waals surface area contributed by atoms with E-state index in [0.29, 0.717) is 27.0 Å². The third kappa shape index (κ3) is 3.21. The molecule has 0 aliphatic carbocycles. The first-order chi connectivity index (χ1) is 14.1. The maximum Gasteiger partial charge on any atom is 0.263 e. The van der Waals surface area contributed by atoms with Crippen molar-refractivity contribution in [2.75, 3.05) is 0 Å². The van der Waals surface area contributed by atoms with Crippen molar-refractivity contribution in [3.8, 4) is 11.1 Å². The zero-order valence-corrected chi connectivity index (χ0v) is 17.7. The summed E-state index contributed by atoms with van der Waals surface area (Å²) in [5.74, 6) is 0.465. The van der Waals surface area contributed by atoms with Crippen LogP contribution in [0.25, 0.3) is 26.3 Å². The van der Waals surface area contributed by atoms with E-state index in [4.69, 9.17) is 4.98 Å². The molecule has 0 saturated heterocycles. The number of fused-ring (bicyclic) bond motifs is 2. The second-order valence-electron chi connectivity index (χ2n) is 6.38. The summed E-state index contributed by atoms with van der Waals surface area (Å²) in [6, 6.07) is 11.4. The molecule has 0 N–H and O–H groups in total. The standard InChI is InChI=1S/C20H14N4O2S3/c1-23-18(26)16-14(12-5-3-2-4-6-12)11-28-17(16)22-19(23)29-10-13-9-15(25)24-7-8-27-20(24)21-13/h2-9,11H,10H2,1H3. The van der Waals surface area contributed by atoms with Crippen molar-refractivity contribution in [3.63, 3.8) is 0 Å². The average molecular weight is 439 g/mol. The van der Waals surface area contributed by atoms with Gasteiger partial charge in [0.1, 0.15) is 4.83 Å². The molecule has 29 heavy (non-hydrogen) atoms. The summed E-state index contributed by atoms with van der Waals surface area (Å²) in [4.78, 5) is 35.8. The van der Waals surface area contributed by atoms with Crippen molar-refractivity contribution in [1.29, 1.82) is 0 Å².